The largest absolute Gasteiger partial charge is 0.373 e. The van der Waals surface area contributed by atoms with Crippen LogP contribution in [0.15, 0.2) is 6.07 Å². The fraction of sp³-hybridized carbons (Fsp3) is 0.692. The van der Waals surface area contributed by atoms with Gasteiger partial charge in [-0.05, 0) is 25.7 Å². The minimum atomic E-state index is 0.558. The van der Waals surface area contributed by atoms with E-state index in [4.69, 9.17) is 0 Å². The van der Waals surface area contributed by atoms with Crippen molar-refractivity contribution in [1.29, 1.82) is 0 Å². The molecular formula is C13H22N4. The third-order valence-electron chi connectivity index (χ3n) is 3.54. The van der Waals surface area contributed by atoms with Gasteiger partial charge in [0.05, 0.1) is 0 Å². The first-order chi connectivity index (χ1) is 8.19. The lowest BCUT2D eigenvalue weighted by Gasteiger charge is -2.30. The molecule has 1 fully saturated rings. The number of nitrogens with one attached hydrogen (secondary N) is 2. The van der Waals surface area contributed by atoms with Crippen LogP contribution in [0.25, 0.3) is 0 Å². The third-order valence-corrected chi connectivity index (χ3v) is 3.54. The van der Waals surface area contributed by atoms with Crippen molar-refractivity contribution in [2.24, 2.45) is 5.92 Å². The van der Waals surface area contributed by atoms with Gasteiger partial charge in [0.2, 0.25) is 0 Å². The second-order valence-electron chi connectivity index (χ2n) is 4.95. The number of rotatable bonds is 3. The molecule has 4 nitrogen and oxygen atoms in total. The lowest BCUT2D eigenvalue weighted by Crippen LogP contribution is -2.30. The molecule has 94 valence electrons. The molecule has 0 amide bonds. The minimum absolute atomic E-state index is 0.558. The topological polar surface area (TPSA) is 49.8 Å². The van der Waals surface area contributed by atoms with Crippen LogP contribution in [0, 0.1) is 12.8 Å². The molecule has 1 heterocycles. The number of nitrogens with zero attached hydrogens (tertiary/aromatic N) is 2. The molecule has 17 heavy (non-hydrogen) atoms. The first-order valence-corrected chi connectivity index (χ1v) is 6.49. The van der Waals surface area contributed by atoms with E-state index in [2.05, 4.69) is 27.5 Å². The normalized spacial score (nSPS) is 24.4. The lowest BCUT2D eigenvalue weighted by molar-refractivity contribution is 0.349. The fourth-order valence-corrected chi connectivity index (χ4v) is 2.49. The molecule has 4 heteroatoms. The summed E-state index contributed by atoms with van der Waals surface area (Å²) in [4.78, 5) is 8.75. The highest BCUT2D eigenvalue weighted by Crippen LogP contribution is 2.26. The van der Waals surface area contributed by atoms with E-state index in [9.17, 15) is 0 Å². The highest BCUT2D eigenvalue weighted by Gasteiger charge is 2.21. The van der Waals surface area contributed by atoms with Gasteiger partial charge in [0.25, 0.3) is 0 Å². The van der Waals surface area contributed by atoms with Crippen LogP contribution in [0.5, 0.6) is 0 Å². The molecule has 0 radical (unpaired) electrons. The van der Waals surface area contributed by atoms with Crippen molar-refractivity contribution in [2.75, 3.05) is 17.7 Å². The molecule has 1 aromatic rings. The van der Waals surface area contributed by atoms with E-state index < -0.39 is 0 Å². The highest BCUT2D eigenvalue weighted by atomic mass is 15.1. The standard InChI is InChI=1S/C13H22N4/c1-9-6-4-5-7-11(9)17-13-8-12(14-3)15-10(2)16-13/h8-9,11H,4-7H2,1-3H3,(H2,14,15,16,17)/t9-,11-/m0/s1. The quantitative estimate of drug-likeness (QED) is 0.844. The van der Waals surface area contributed by atoms with Gasteiger partial charge in [0, 0.05) is 19.2 Å². The second-order valence-corrected chi connectivity index (χ2v) is 4.95. The molecule has 2 atom stereocenters. The Hall–Kier alpha value is -1.32. The van der Waals surface area contributed by atoms with Crippen LogP contribution >= 0.6 is 0 Å². The Kier molecular flexibility index (Phi) is 3.82. The average molecular weight is 234 g/mol. The number of hydrogen-bond acceptors (Lipinski definition) is 4. The van der Waals surface area contributed by atoms with E-state index in [1.165, 1.54) is 25.7 Å². The number of aryl methyl sites for hydroxylation is 1. The van der Waals surface area contributed by atoms with Crippen LogP contribution in [0.2, 0.25) is 0 Å². The Balaban J connectivity index is 2.09. The Morgan fingerprint density at radius 3 is 2.59 bits per heavy atom. The monoisotopic (exact) mass is 234 g/mol. The van der Waals surface area contributed by atoms with Gasteiger partial charge >= 0.3 is 0 Å². The molecule has 0 unspecified atom stereocenters. The summed E-state index contributed by atoms with van der Waals surface area (Å²) in [7, 11) is 1.88. The summed E-state index contributed by atoms with van der Waals surface area (Å²) < 4.78 is 0. The van der Waals surface area contributed by atoms with E-state index in [1.807, 2.05) is 20.0 Å². The van der Waals surface area contributed by atoms with Crippen LogP contribution in [-0.2, 0) is 0 Å². The molecular weight excluding hydrogens is 212 g/mol. The van der Waals surface area contributed by atoms with Crippen LogP contribution in [-0.4, -0.2) is 23.1 Å². The van der Waals surface area contributed by atoms with Gasteiger partial charge < -0.3 is 10.6 Å². The Morgan fingerprint density at radius 2 is 1.88 bits per heavy atom. The zero-order valence-electron chi connectivity index (χ0n) is 11.0. The molecule has 1 saturated carbocycles. The summed E-state index contributed by atoms with van der Waals surface area (Å²) in [5.41, 5.74) is 0. The number of hydrogen-bond donors (Lipinski definition) is 2. The van der Waals surface area contributed by atoms with Crippen molar-refractivity contribution in [1.82, 2.24) is 9.97 Å². The predicted molar refractivity (Wildman–Crippen MR) is 71.4 cm³/mol. The van der Waals surface area contributed by atoms with Crippen molar-refractivity contribution in [3.8, 4) is 0 Å². The highest BCUT2D eigenvalue weighted by molar-refractivity contribution is 5.47. The zero-order chi connectivity index (χ0) is 12.3. The first-order valence-electron chi connectivity index (χ1n) is 6.49. The molecule has 0 bridgehead atoms. The second kappa shape index (κ2) is 5.34. The van der Waals surface area contributed by atoms with Gasteiger partial charge in [-0.15, -0.1) is 0 Å². The zero-order valence-corrected chi connectivity index (χ0v) is 11.0. The third kappa shape index (κ3) is 3.08. The summed E-state index contributed by atoms with van der Waals surface area (Å²) in [6, 6.07) is 2.54. The minimum Gasteiger partial charge on any atom is -0.373 e. The van der Waals surface area contributed by atoms with E-state index in [-0.39, 0.29) is 0 Å². The maximum Gasteiger partial charge on any atom is 0.132 e. The van der Waals surface area contributed by atoms with Crippen molar-refractivity contribution in [3.05, 3.63) is 11.9 Å². The summed E-state index contributed by atoms with van der Waals surface area (Å²) >= 11 is 0. The number of anilines is 2. The van der Waals surface area contributed by atoms with Crippen molar-refractivity contribution in [3.63, 3.8) is 0 Å². The molecule has 1 aliphatic carbocycles. The average Bonchev–Trinajstić information content (AvgIpc) is 2.31. The van der Waals surface area contributed by atoms with Crippen molar-refractivity contribution < 1.29 is 0 Å². The smallest absolute Gasteiger partial charge is 0.132 e. The molecule has 0 saturated heterocycles. The molecule has 2 N–H and O–H groups in total. The molecule has 0 aromatic carbocycles. The van der Waals surface area contributed by atoms with Gasteiger partial charge in [-0.3, -0.25) is 0 Å². The van der Waals surface area contributed by atoms with Crippen LogP contribution < -0.4 is 10.6 Å². The van der Waals surface area contributed by atoms with Gasteiger partial charge in [0.1, 0.15) is 17.5 Å². The molecule has 0 spiro atoms. The van der Waals surface area contributed by atoms with Gasteiger partial charge in [-0.25, -0.2) is 9.97 Å². The van der Waals surface area contributed by atoms with Gasteiger partial charge in [0.15, 0.2) is 0 Å². The Morgan fingerprint density at radius 1 is 1.18 bits per heavy atom. The first kappa shape index (κ1) is 12.1. The summed E-state index contributed by atoms with van der Waals surface area (Å²) in [6.45, 7) is 4.25. The van der Waals surface area contributed by atoms with E-state index in [0.717, 1.165) is 23.4 Å². The lowest BCUT2D eigenvalue weighted by atomic mass is 9.86. The van der Waals surface area contributed by atoms with Crippen LogP contribution in [0.1, 0.15) is 38.4 Å². The maximum atomic E-state index is 4.45. The molecule has 2 rings (SSSR count). The fourth-order valence-electron chi connectivity index (χ4n) is 2.49. The summed E-state index contributed by atoms with van der Waals surface area (Å²) in [5, 5.41) is 6.62. The van der Waals surface area contributed by atoms with E-state index in [1.54, 1.807) is 0 Å². The predicted octanol–water partition coefficient (Wildman–Crippen LogP) is 2.82. The van der Waals surface area contributed by atoms with Crippen molar-refractivity contribution >= 4 is 11.6 Å². The Labute approximate surface area is 103 Å². The van der Waals surface area contributed by atoms with Gasteiger partial charge in [-0.1, -0.05) is 19.8 Å². The maximum absolute atomic E-state index is 4.45. The van der Waals surface area contributed by atoms with Crippen LogP contribution in [0.4, 0.5) is 11.6 Å². The molecule has 1 aromatic heterocycles. The summed E-state index contributed by atoms with van der Waals surface area (Å²) in [5.74, 6) is 3.36. The number of aromatic nitrogens is 2. The Bertz CT molecular complexity index is 378. The summed E-state index contributed by atoms with van der Waals surface area (Å²) in [6.07, 6.45) is 5.26. The van der Waals surface area contributed by atoms with Crippen LogP contribution in [0.3, 0.4) is 0 Å². The molecule has 0 aliphatic heterocycles. The SMILES string of the molecule is CNc1cc(N[C@H]2CCCC[C@@H]2C)nc(C)n1. The van der Waals surface area contributed by atoms with Crippen molar-refractivity contribution in [2.45, 2.75) is 45.6 Å². The van der Waals surface area contributed by atoms with Gasteiger partial charge in [-0.2, -0.15) is 0 Å². The van der Waals surface area contributed by atoms with E-state index in [0.29, 0.717) is 6.04 Å². The molecule has 1 aliphatic rings. The van der Waals surface area contributed by atoms with E-state index >= 15 is 0 Å².